The number of carboxylic acid groups (broad SMARTS) is 1. The first-order valence-electron chi connectivity index (χ1n) is 10.3. The molecule has 3 aromatic rings. The largest absolute Gasteiger partial charge is 0.491 e. The van der Waals surface area contributed by atoms with Gasteiger partial charge in [0.15, 0.2) is 11.5 Å². The number of fused-ring (bicyclic) bond motifs is 5. The summed E-state index contributed by atoms with van der Waals surface area (Å²) in [5, 5.41) is 10.3. The Morgan fingerprint density at radius 2 is 1.69 bits per heavy atom. The van der Waals surface area contributed by atoms with Gasteiger partial charge in [0.2, 0.25) is 5.91 Å². The molecule has 0 aliphatic carbocycles. The van der Waals surface area contributed by atoms with E-state index in [2.05, 4.69) is 0 Å². The van der Waals surface area contributed by atoms with Crippen LogP contribution in [0.2, 0.25) is 0 Å². The first-order chi connectivity index (χ1) is 15.5. The Kier molecular flexibility index (Phi) is 3.81. The van der Waals surface area contributed by atoms with Gasteiger partial charge in [-0.1, -0.05) is 36.4 Å². The second kappa shape index (κ2) is 6.50. The van der Waals surface area contributed by atoms with Crippen LogP contribution in [0.3, 0.4) is 0 Å². The number of aromatic carboxylic acids is 1. The van der Waals surface area contributed by atoms with Crippen molar-refractivity contribution < 1.29 is 28.9 Å². The van der Waals surface area contributed by atoms with Gasteiger partial charge in [0.05, 0.1) is 5.56 Å². The molecule has 7 heteroatoms. The molecule has 0 saturated carbocycles. The number of hydrogen-bond acceptors (Lipinski definition) is 5. The van der Waals surface area contributed by atoms with E-state index < -0.39 is 11.4 Å². The number of anilines is 1. The molecular formula is C25H19NO6. The lowest BCUT2D eigenvalue weighted by Gasteiger charge is -2.25. The molecule has 0 bridgehead atoms. The monoisotopic (exact) mass is 429 g/mol. The summed E-state index contributed by atoms with van der Waals surface area (Å²) in [4.78, 5) is 27.9. The van der Waals surface area contributed by atoms with Crippen LogP contribution in [0, 0.1) is 0 Å². The number of ether oxygens (including phenoxy) is 3. The fourth-order valence-electron chi connectivity index (χ4n) is 5.06. The predicted molar refractivity (Wildman–Crippen MR) is 116 cm³/mol. The van der Waals surface area contributed by atoms with Gasteiger partial charge in [0, 0.05) is 29.9 Å². The highest BCUT2D eigenvalue weighted by atomic mass is 16.6. The van der Waals surface area contributed by atoms with E-state index in [0.717, 1.165) is 5.56 Å². The van der Waals surface area contributed by atoms with Crippen molar-refractivity contribution in [3.8, 4) is 28.4 Å². The molecule has 32 heavy (non-hydrogen) atoms. The van der Waals surface area contributed by atoms with Gasteiger partial charge in [0.25, 0.3) is 0 Å². The maximum Gasteiger partial charge on any atom is 0.336 e. The van der Waals surface area contributed by atoms with Crippen LogP contribution in [0.1, 0.15) is 21.5 Å². The molecule has 1 spiro atoms. The summed E-state index contributed by atoms with van der Waals surface area (Å²) in [6, 6.07) is 16.4. The van der Waals surface area contributed by atoms with E-state index >= 15 is 0 Å². The fraction of sp³-hybridized carbons (Fsp3) is 0.200. The minimum absolute atomic E-state index is 0.0138. The highest BCUT2D eigenvalue weighted by molar-refractivity contribution is 6.15. The molecule has 3 aromatic carbocycles. The lowest BCUT2D eigenvalue weighted by atomic mass is 9.73. The van der Waals surface area contributed by atoms with Crippen molar-refractivity contribution in [2.45, 2.75) is 5.41 Å². The summed E-state index contributed by atoms with van der Waals surface area (Å²) in [7, 11) is 1.67. The highest BCUT2D eigenvalue weighted by Gasteiger charge is 2.58. The van der Waals surface area contributed by atoms with E-state index in [9.17, 15) is 14.7 Å². The molecular weight excluding hydrogens is 410 g/mol. The third-order valence-corrected chi connectivity index (χ3v) is 6.49. The molecule has 1 unspecified atom stereocenters. The van der Waals surface area contributed by atoms with E-state index in [-0.39, 0.29) is 18.1 Å². The third-order valence-electron chi connectivity index (χ3n) is 6.49. The quantitative estimate of drug-likeness (QED) is 0.672. The zero-order chi connectivity index (χ0) is 22.0. The minimum atomic E-state index is -1.27. The van der Waals surface area contributed by atoms with Crippen LogP contribution in [0.4, 0.5) is 5.69 Å². The molecule has 3 heterocycles. The van der Waals surface area contributed by atoms with Crippen LogP contribution in [-0.2, 0) is 10.2 Å². The molecule has 0 aromatic heterocycles. The van der Waals surface area contributed by atoms with Gasteiger partial charge in [0.1, 0.15) is 31.0 Å². The zero-order valence-corrected chi connectivity index (χ0v) is 17.3. The van der Waals surface area contributed by atoms with Crippen molar-refractivity contribution in [3.63, 3.8) is 0 Å². The summed E-state index contributed by atoms with van der Waals surface area (Å²) in [5.41, 5.74) is 1.79. The second-order valence-corrected chi connectivity index (χ2v) is 8.10. The average molecular weight is 429 g/mol. The molecule has 0 saturated heterocycles. The van der Waals surface area contributed by atoms with Gasteiger partial charge in [-0.15, -0.1) is 0 Å². The van der Waals surface area contributed by atoms with Gasteiger partial charge < -0.3 is 24.2 Å². The Bertz CT molecular complexity index is 1300. The Morgan fingerprint density at radius 1 is 0.969 bits per heavy atom. The number of hydrogen-bond donors (Lipinski definition) is 1. The smallest absolute Gasteiger partial charge is 0.336 e. The van der Waals surface area contributed by atoms with Crippen LogP contribution in [-0.4, -0.2) is 43.9 Å². The molecule has 3 aliphatic rings. The standard InChI is InChI=1S/C25H19NO6/c1-26-17-8-7-15(14-5-3-2-4-6-14)21(23(27)28)22(17)25(24(26)29)13-32-18-12-20-19(11-16(18)25)30-9-10-31-20/h2-8,11-12H,9-10,13H2,1H3,(H,27,28). The lowest BCUT2D eigenvalue weighted by molar-refractivity contribution is -0.121. The van der Waals surface area contributed by atoms with Crippen molar-refractivity contribution in [1.82, 2.24) is 0 Å². The summed E-state index contributed by atoms with van der Waals surface area (Å²) >= 11 is 0. The van der Waals surface area contributed by atoms with Gasteiger partial charge in [-0.2, -0.15) is 0 Å². The second-order valence-electron chi connectivity index (χ2n) is 8.10. The Morgan fingerprint density at radius 3 is 2.41 bits per heavy atom. The van der Waals surface area contributed by atoms with Crippen molar-refractivity contribution >= 4 is 17.6 Å². The zero-order valence-electron chi connectivity index (χ0n) is 17.3. The van der Waals surface area contributed by atoms with Crippen molar-refractivity contribution in [1.29, 1.82) is 0 Å². The third kappa shape index (κ3) is 2.30. The van der Waals surface area contributed by atoms with Crippen LogP contribution < -0.4 is 19.1 Å². The number of carbonyl (C=O) groups is 2. The summed E-state index contributed by atoms with van der Waals surface area (Å²) < 4.78 is 17.4. The molecule has 1 N–H and O–H groups in total. The number of nitrogens with zero attached hydrogens (tertiary/aromatic N) is 1. The van der Waals surface area contributed by atoms with E-state index in [4.69, 9.17) is 14.2 Å². The summed E-state index contributed by atoms with van der Waals surface area (Å²) in [6.07, 6.45) is 0. The van der Waals surface area contributed by atoms with E-state index in [1.54, 1.807) is 25.2 Å². The summed E-state index contributed by atoms with van der Waals surface area (Å²) in [5.74, 6) is 0.276. The van der Waals surface area contributed by atoms with Crippen molar-refractivity contribution in [2.24, 2.45) is 0 Å². The number of likely N-dealkylation sites (N-methyl/N-ethyl adjacent to an activating group) is 1. The number of carbonyl (C=O) groups excluding carboxylic acids is 1. The number of benzene rings is 3. The van der Waals surface area contributed by atoms with Gasteiger partial charge in [-0.3, -0.25) is 4.79 Å². The molecule has 0 radical (unpaired) electrons. The maximum atomic E-state index is 13.7. The Hall–Kier alpha value is -4.00. The molecule has 1 amide bonds. The van der Waals surface area contributed by atoms with Gasteiger partial charge in [-0.05, 0) is 23.3 Å². The predicted octanol–water partition coefficient (Wildman–Crippen LogP) is 3.48. The number of rotatable bonds is 2. The number of amides is 1. The van der Waals surface area contributed by atoms with E-state index in [1.165, 1.54) is 4.90 Å². The normalized spacial score (nSPS) is 20.2. The lowest BCUT2D eigenvalue weighted by Crippen LogP contribution is -2.41. The fourth-order valence-corrected chi connectivity index (χ4v) is 5.06. The van der Waals surface area contributed by atoms with Gasteiger partial charge in [-0.25, -0.2) is 4.79 Å². The summed E-state index contributed by atoms with van der Waals surface area (Å²) in [6.45, 7) is 0.855. The molecule has 1 atom stereocenters. The van der Waals surface area contributed by atoms with Crippen LogP contribution in [0.15, 0.2) is 54.6 Å². The Balaban J connectivity index is 1.67. The maximum absolute atomic E-state index is 13.7. The van der Waals surface area contributed by atoms with E-state index in [0.29, 0.717) is 52.8 Å². The molecule has 7 nitrogen and oxygen atoms in total. The molecule has 3 aliphatic heterocycles. The van der Waals surface area contributed by atoms with Crippen LogP contribution >= 0.6 is 0 Å². The first kappa shape index (κ1) is 18.7. The average Bonchev–Trinajstić information content (AvgIpc) is 3.29. The SMILES string of the molecule is CN1C(=O)C2(COc3cc4c(cc32)OCCO4)c2c1ccc(-c1ccccc1)c2C(=O)O. The van der Waals surface area contributed by atoms with Crippen LogP contribution in [0.25, 0.3) is 11.1 Å². The molecule has 160 valence electrons. The van der Waals surface area contributed by atoms with Gasteiger partial charge >= 0.3 is 5.97 Å². The highest BCUT2D eigenvalue weighted by Crippen LogP contribution is 2.56. The van der Waals surface area contributed by atoms with Crippen molar-refractivity contribution in [2.75, 3.05) is 31.8 Å². The topological polar surface area (TPSA) is 85.3 Å². The number of carboxylic acids is 1. The molecule has 6 rings (SSSR count). The van der Waals surface area contributed by atoms with E-state index in [1.807, 2.05) is 36.4 Å². The first-order valence-corrected chi connectivity index (χ1v) is 10.3. The van der Waals surface area contributed by atoms with Crippen LogP contribution in [0.5, 0.6) is 17.2 Å². The minimum Gasteiger partial charge on any atom is -0.491 e. The molecule has 0 fully saturated rings. The van der Waals surface area contributed by atoms with Crippen molar-refractivity contribution in [3.05, 3.63) is 71.3 Å². The Labute approximate surface area is 183 Å².